The molecule has 1 aromatic carbocycles. The molecule has 0 radical (unpaired) electrons. The Kier molecular flexibility index (Phi) is 5.28. The Morgan fingerprint density at radius 3 is 2.87 bits per heavy atom. The standard InChI is InChI=1S/C18H26N4O/c1-22-11-3-4-15(13-22)7-10-17-19-18(21-20-17)12-14-5-8-16(23-2)9-6-14/h5-6,8-9,15H,3-4,7,10-13H2,1-2H3,(H,19,20,21). The summed E-state index contributed by atoms with van der Waals surface area (Å²) >= 11 is 0. The van der Waals surface area contributed by atoms with Gasteiger partial charge in [-0.05, 0) is 56.5 Å². The number of hydrogen-bond acceptors (Lipinski definition) is 4. The fraction of sp³-hybridized carbons (Fsp3) is 0.556. The molecule has 2 aromatic rings. The monoisotopic (exact) mass is 314 g/mol. The van der Waals surface area contributed by atoms with Gasteiger partial charge in [-0.15, -0.1) is 0 Å². The second kappa shape index (κ2) is 7.59. The number of H-pyrrole nitrogens is 1. The number of ether oxygens (including phenoxy) is 1. The van der Waals surface area contributed by atoms with E-state index in [2.05, 4.69) is 39.3 Å². The molecule has 1 atom stereocenters. The SMILES string of the molecule is COc1ccc(Cc2nc(CCC3CCCN(C)C3)n[nH]2)cc1. The van der Waals surface area contributed by atoms with Gasteiger partial charge in [0.05, 0.1) is 7.11 Å². The minimum Gasteiger partial charge on any atom is -0.497 e. The molecule has 2 heterocycles. The number of nitrogens with one attached hydrogen (secondary N) is 1. The van der Waals surface area contributed by atoms with Crippen molar-refractivity contribution in [3.05, 3.63) is 41.5 Å². The maximum Gasteiger partial charge on any atom is 0.150 e. The van der Waals surface area contributed by atoms with Crippen LogP contribution >= 0.6 is 0 Å². The molecule has 124 valence electrons. The fourth-order valence-corrected chi connectivity index (χ4v) is 3.30. The maximum absolute atomic E-state index is 5.18. The van der Waals surface area contributed by atoms with Crippen molar-refractivity contribution in [1.82, 2.24) is 20.1 Å². The van der Waals surface area contributed by atoms with Crippen molar-refractivity contribution in [1.29, 1.82) is 0 Å². The van der Waals surface area contributed by atoms with Gasteiger partial charge in [0, 0.05) is 19.4 Å². The smallest absolute Gasteiger partial charge is 0.150 e. The molecule has 1 aliphatic heterocycles. The molecule has 0 saturated carbocycles. The van der Waals surface area contributed by atoms with Crippen molar-refractivity contribution < 1.29 is 4.74 Å². The van der Waals surface area contributed by atoms with E-state index in [1.54, 1.807) is 7.11 Å². The van der Waals surface area contributed by atoms with Crippen molar-refractivity contribution in [3.8, 4) is 5.75 Å². The first kappa shape index (κ1) is 16.0. The highest BCUT2D eigenvalue weighted by molar-refractivity contribution is 5.28. The minimum atomic E-state index is 0.781. The van der Waals surface area contributed by atoms with Gasteiger partial charge in [0.2, 0.25) is 0 Å². The fourth-order valence-electron chi connectivity index (χ4n) is 3.30. The molecule has 1 unspecified atom stereocenters. The molecule has 1 N–H and O–H groups in total. The molecule has 0 aliphatic carbocycles. The predicted molar refractivity (Wildman–Crippen MR) is 90.7 cm³/mol. The third-order valence-electron chi connectivity index (χ3n) is 4.61. The van der Waals surface area contributed by atoms with Crippen molar-refractivity contribution in [3.63, 3.8) is 0 Å². The van der Waals surface area contributed by atoms with Gasteiger partial charge in [-0.2, -0.15) is 5.10 Å². The molecule has 5 heteroatoms. The summed E-state index contributed by atoms with van der Waals surface area (Å²) in [6, 6.07) is 8.09. The first-order valence-electron chi connectivity index (χ1n) is 8.44. The van der Waals surface area contributed by atoms with E-state index >= 15 is 0 Å². The normalized spacial score (nSPS) is 19.0. The molecule has 1 aliphatic rings. The van der Waals surface area contributed by atoms with Crippen LogP contribution in [-0.2, 0) is 12.8 Å². The lowest BCUT2D eigenvalue weighted by Gasteiger charge is -2.29. The van der Waals surface area contributed by atoms with E-state index in [1.807, 2.05) is 12.1 Å². The van der Waals surface area contributed by atoms with Gasteiger partial charge in [-0.25, -0.2) is 4.98 Å². The zero-order chi connectivity index (χ0) is 16.1. The first-order chi connectivity index (χ1) is 11.2. The van der Waals surface area contributed by atoms with Crippen LogP contribution in [0, 0.1) is 5.92 Å². The molecule has 1 aromatic heterocycles. The predicted octanol–water partition coefficient (Wildman–Crippen LogP) is 2.68. The number of nitrogens with zero attached hydrogens (tertiary/aromatic N) is 3. The topological polar surface area (TPSA) is 54.0 Å². The van der Waals surface area contributed by atoms with Crippen LogP contribution in [0.2, 0.25) is 0 Å². The Morgan fingerprint density at radius 1 is 1.30 bits per heavy atom. The number of rotatable bonds is 6. The van der Waals surface area contributed by atoms with Crippen LogP contribution in [0.4, 0.5) is 0 Å². The van der Waals surface area contributed by atoms with Gasteiger partial charge in [0.15, 0.2) is 5.82 Å². The molecule has 1 fully saturated rings. The summed E-state index contributed by atoms with van der Waals surface area (Å²) in [4.78, 5) is 7.07. The average molecular weight is 314 g/mol. The lowest BCUT2D eigenvalue weighted by molar-refractivity contribution is 0.202. The molecule has 5 nitrogen and oxygen atoms in total. The highest BCUT2D eigenvalue weighted by Crippen LogP contribution is 2.20. The van der Waals surface area contributed by atoms with E-state index in [4.69, 9.17) is 4.74 Å². The van der Waals surface area contributed by atoms with Crippen molar-refractivity contribution in [2.75, 3.05) is 27.2 Å². The molecule has 0 amide bonds. The summed E-state index contributed by atoms with van der Waals surface area (Å²) in [6.07, 6.45) is 5.59. The first-order valence-corrected chi connectivity index (χ1v) is 8.44. The van der Waals surface area contributed by atoms with Crippen LogP contribution in [0.5, 0.6) is 5.75 Å². The largest absolute Gasteiger partial charge is 0.497 e. The molecule has 3 rings (SSSR count). The lowest BCUT2D eigenvalue weighted by atomic mass is 9.94. The van der Waals surface area contributed by atoms with Gasteiger partial charge in [-0.1, -0.05) is 12.1 Å². The highest BCUT2D eigenvalue weighted by atomic mass is 16.5. The quantitative estimate of drug-likeness (QED) is 0.890. The van der Waals surface area contributed by atoms with Gasteiger partial charge in [0.1, 0.15) is 11.6 Å². The molecular formula is C18H26N4O. The summed E-state index contributed by atoms with van der Waals surface area (Å²) in [5.41, 5.74) is 1.21. The van der Waals surface area contributed by atoms with E-state index in [0.29, 0.717) is 0 Å². The van der Waals surface area contributed by atoms with Gasteiger partial charge < -0.3 is 9.64 Å². The Morgan fingerprint density at radius 2 is 2.13 bits per heavy atom. The van der Waals surface area contributed by atoms with Crippen LogP contribution < -0.4 is 4.74 Å². The second-order valence-corrected chi connectivity index (χ2v) is 6.53. The van der Waals surface area contributed by atoms with E-state index in [9.17, 15) is 0 Å². The summed E-state index contributed by atoms with van der Waals surface area (Å²) in [6.45, 7) is 2.45. The number of aromatic amines is 1. The number of hydrogen-bond donors (Lipinski definition) is 1. The summed E-state index contributed by atoms with van der Waals surface area (Å²) in [7, 11) is 3.90. The zero-order valence-electron chi connectivity index (χ0n) is 14.1. The van der Waals surface area contributed by atoms with Gasteiger partial charge in [-0.3, -0.25) is 5.10 Å². The molecule has 0 spiro atoms. The molecule has 23 heavy (non-hydrogen) atoms. The average Bonchev–Trinajstić information content (AvgIpc) is 3.01. The number of piperidine rings is 1. The minimum absolute atomic E-state index is 0.781. The van der Waals surface area contributed by atoms with Gasteiger partial charge in [0.25, 0.3) is 0 Å². The number of likely N-dealkylation sites (tertiary alicyclic amines) is 1. The van der Waals surface area contributed by atoms with Crippen LogP contribution in [0.25, 0.3) is 0 Å². The van der Waals surface area contributed by atoms with E-state index < -0.39 is 0 Å². The maximum atomic E-state index is 5.18. The van der Waals surface area contributed by atoms with Crippen LogP contribution in [-0.4, -0.2) is 47.3 Å². The third-order valence-corrected chi connectivity index (χ3v) is 4.61. The number of aromatic nitrogens is 3. The van der Waals surface area contributed by atoms with Crippen molar-refractivity contribution in [2.24, 2.45) is 5.92 Å². The number of aryl methyl sites for hydroxylation is 1. The second-order valence-electron chi connectivity index (χ2n) is 6.53. The van der Waals surface area contributed by atoms with E-state index in [-0.39, 0.29) is 0 Å². The third kappa shape index (κ3) is 4.55. The molecule has 1 saturated heterocycles. The number of methoxy groups -OCH3 is 1. The Hall–Kier alpha value is -1.88. The van der Waals surface area contributed by atoms with Gasteiger partial charge >= 0.3 is 0 Å². The van der Waals surface area contributed by atoms with Crippen LogP contribution in [0.1, 0.15) is 36.5 Å². The van der Waals surface area contributed by atoms with Crippen molar-refractivity contribution >= 4 is 0 Å². The lowest BCUT2D eigenvalue weighted by Crippen LogP contribution is -2.32. The number of benzene rings is 1. The Balaban J connectivity index is 1.51. The zero-order valence-corrected chi connectivity index (χ0v) is 14.1. The Labute approximate surface area is 138 Å². The van der Waals surface area contributed by atoms with Crippen LogP contribution in [0.15, 0.2) is 24.3 Å². The van der Waals surface area contributed by atoms with E-state index in [0.717, 1.165) is 36.2 Å². The summed E-state index contributed by atoms with van der Waals surface area (Å²) in [5, 5.41) is 7.45. The van der Waals surface area contributed by atoms with E-state index in [1.165, 1.54) is 37.9 Å². The van der Waals surface area contributed by atoms with Crippen LogP contribution in [0.3, 0.4) is 0 Å². The molecule has 0 bridgehead atoms. The molecular weight excluding hydrogens is 288 g/mol. The Bertz CT molecular complexity index is 608. The highest BCUT2D eigenvalue weighted by Gasteiger charge is 2.17. The summed E-state index contributed by atoms with van der Waals surface area (Å²) in [5.74, 6) is 3.55. The summed E-state index contributed by atoms with van der Waals surface area (Å²) < 4.78 is 5.18. The van der Waals surface area contributed by atoms with Crippen molar-refractivity contribution in [2.45, 2.75) is 32.1 Å².